The van der Waals surface area contributed by atoms with E-state index in [0.29, 0.717) is 18.9 Å². The molecule has 2 rings (SSSR count). The SMILES string of the molecule is CCOc1ccc(S(=O)(=O)NCCC(=O)NCc2ccc(CN(CC)CC)cc2)cc1. The summed E-state index contributed by atoms with van der Waals surface area (Å²) in [7, 11) is -3.66. The zero-order valence-corrected chi connectivity index (χ0v) is 19.4. The highest BCUT2D eigenvalue weighted by atomic mass is 32.2. The maximum absolute atomic E-state index is 12.3. The van der Waals surface area contributed by atoms with Gasteiger partial charge in [-0.1, -0.05) is 38.1 Å². The normalized spacial score (nSPS) is 11.5. The molecule has 1 amide bonds. The van der Waals surface area contributed by atoms with Crippen LogP contribution in [0.1, 0.15) is 38.3 Å². The predicted octanol–water partition coefficient (Wildman–Crippen LogP) is 2.91. The van der Waals surface area contributed by atoms with Gasteiger partial charge in [0, 0.05) is 26.1 Å². The molecular weight excluding hydrogens is 414 g/mol. The van der Waals surface area contributed by atoms with Crippen molar-refractivity contribution in [2.24, 2.45) is 0 Å². The van der Waals surface area contributed by atoms with Crippen LogP contribution in [0.3, 0.4) is 0 Å². The number of hydrogen-bond donors (Lipinski definition) is 2. The van der Waals surface area contributed by atoms with E-state index in [9.17, 15) is 13.2 Å². The summed E-state index contributed by atoms with van der Waals surface area (Å²) in [6.45, 7) is 10.0. The molecule has 0 radical (unpaired) electrons. The zero-order valence-electron chi connectivity index (χ0n) is 18.6. The number of rotatable bonds is 13. The fraction of sp³-hybridized carbons (Fsp3) is 0.435. The third-order valence-corrected chi connectivity index (χ3v) is 6.38. The molecule has 0 saturated heterocycles. The predicted molar refractivity (Wildman–Crippen MR) is 122 cm³/mol. The minimum absolute atomic E-state index is 0.0319. The van der Waals surface area contributed by atoms with E-state index in [1.165, 1.54) is 17.7 Å². The summed E-state index contributed by atoms with van der Waals surface area (Å²) < 4.78 is 32.4. The number of ether oxygens (including phenoxy) is 1. The van der Waals surface area contributed by atoms with Crippen molar-refractivity contribution in [3.63, 3.8) is 0 Å². The van der Waals surface area contributed by atoms with Crippen molar-refractivity contribution in [2.45, 2.75) is 45.2 Å². The van der Waals surface area contributed by atoms with Crippen molar-refractivity contribution in [3.05, 3.63) is 59.7 Å². The molecule has 0 aliphatic rings. The van der Waals surface area contributed by atoms with Gasteiger partial charge in [0.05, 0.1) is 11.5 Å². The number of nitrogens with zero attached hydrogens (tertiary/aromatic N) is 1. The Kier molecular flexibility index (Phi) is 9.97. The van der Waals surface area contributed by atoms with E-state index in [4.69, 9.17) is 4.74 Å². The van der Waals surface area contributed by atoms with Gasteiger partial charge in [-0.15, -0.1) is 0 Å². The summed E-state index contributed by atoms with van der Waals surface area (Å²) in [4.78, 5) is 14.6. The molecule has 2 N–H and O–H groups in total. The molecule has 8 heteroatoms. The lowest BCUT2D eigenvalue weighted by atomic mass is 10.1. The summed E-state index contributed by atoms with van der Waals surface area (Å²) in [5.41, 5.74) is 2.24. The van der Waals surface area contributed by atoms with Gasteiger partial charge in [0.15, 0.2) is 0 Å². The van der Waals surface area contributed by atoms with Gasteiger partial charge in [-0.3, -0.25) is 9.69 Å². The standard InChI is InChI=1S/C23H33N3O4S/c1-4-26(5-2)18-20-9-7-19(8-10-20)17-24-23(27)15-16-25-31(28,29)22-13-11-21(12-14-22)30-6-3/h7-14,25H,4-6,15-18H2,1-3H3,(H,24,27). The van der Waals surface area contributed by atoms with Crippen molar-refractivity contribution in [3.8, 4) is 5.75 Å². The van der Waals surface area contributed by atoms with Gasteiger partial charge in [0.25, 0.3) is 0 Å². The number of amides is 1. The number of carbonyl (C=O) groups is 1. The molecule has 0 atom stereocenters. The van der Waals surface area contributed by atoms with Crippen LogP contribution in [0.5, 0.6) is 5.75 Å². The van der Waals surface area contributed by atoms with Crippen molar-refractivity contribution in [1.29, 1.82) is 0 Å². The van der Waals surface area contributed by atoms with E-state index in [-0.39, 0.29) is 23.8 Å². The molecule has 170 valence electrons. The molecule has 0 unspecified atom stereocenters. The van der Waals surface area contributed by atoms with Gasteiger partial charge in [-0.2, -0.15) is 0 Å². The molecule has 0 spiro atoms. The fourth-order valence-corrected chi connectivity index (χ4v) is 4.05. The Morgan fingerprint density at radius 2 is 1.55 bits per heavy atom. The molecule has 7 nitrogen and oxygen atoms in total. The minimum Gasteiger partial charge on any atom is -0.494 e. The Hall–Kier alpha value is -2.42. The fourth-order valence-electron chi connectivity index (χ4n) is 3.02. The molecule has 0 fully saturated rings. The second kappa shape index (κ2) is 12.4. The Morgan fingerprint density at radius 1 is 0.935 bits per heavy atom. The first kappa shape index (κ1) is 24.8. The van der Waals surface area contributed by atoms with Gasteiger partial charge < -0.3 is 10.1 Å². The molecule has 0 aromatic heterocycles. The molecule has 2 aromatic carbocycles. The van der Waals surface area contributed by atoms with Crippen molar-refractivity contribution in [1.82, 2.24) is 14.9 Å². The quantitative estimate of drug-likeness (QED) is 0.493. The van der Waals surface area contributed by atoms with Crippen LogP contribution in [-0.4, -0.2) is 45.5 Å². The molecule has 0 bridgehead atoms. The van der Waals surface area contributed by atoms with Crippen LogP contribution in [0.15, 0.2) is 53.4 Å². The molecule has 31 heavy (non-hydrogen) atoms. The van der Waals surface area contributed by atoms with Crippen LogP contribution >= 0.6 is 0 Å². The topological polar surface area (TPSA) is 87.7 Å². The van der Waals surface area contributed by atoms with Gasteiger partial charge in [0.2, 0.25) is 15.9 Å². The summed E-state index contributed by atoms with van der Waals surface area (Å²) in [6.07, 6.45) is 0.0658. The molecule has 0 heterocycles. The highest BCUT2D eigenvalue weighted by Crippen LogP contribution is 2.15. The first-order chi connectivity index (χ1) is 14.9. The largest absolute Gasteiger partial charge is 0.494 e. The summed E-state index contributed by atoms with van der Waals surface area (Å²) in [5, 5.41) is 2.83. The summed E-state index contributed by atoms with van der Waals surface area (Å²) >= 11 is 0. The number of hydrogen-bond acceptors (Lipinski definition) is 5. The van der Waals surface area contributed by atoms with Gasteiger partial charge >= 0.3 is 0 Å². The maximum Gasteiger partial charge on any atom is 0.240 e. The third kappa shape index (κ3) is 8.32. The smallest absolute Gasteiger partial charge is 0.240 e. The summed E-state index contributed by atoms with van der Waals surface area (Å²) in [5.74, 6) is 0.406. The lowest BCUT2D eigenvalue weighted by Crippen LogP contribution is -2.30. The van der Waals surface area contributed by atoms with Crippen LogP contribution in [0.2, 0.25) is 0 Å². The lowest BCUT2D eigenvalue weighted by Gasteiger charge is -2.18. The Morgan fingerprint density at radius 3 is 2.13 bits per heavy atom. The second-order valence-electron chi connectivity index (χ2n) is 7.11. The Balaban J connectivity index is 1.75. The number of nitrogens with one attached hydrogen (secondary N) is 2. The number of carbonyl (C=O) groups excluding carboxylic acids is 1. The van der Waals surface area contributed by atoms with Crippen molar-refractivity contribution < 1.29 is 17.9 Å². The highest BCUT2D eigenvalue weighted by molar-refractivity contribution is 7.89. The van der Waals surface area contributed by atoms with E-state index in [1.54, 1.807) is 12.1 Å². The van der Waals surface area contributed by atoms with Crippen LogP contribution in [0.4, 0.5) is 0 Å². The van der Waals surface area contributed by atoms with E-state index < -0.39 is 10.0 Å². The van der Waals surface area contributed by atoms with Gasteiger partial charge in [-0.25, -0.2) is 13.1 Å². The van der Waals surface area contributed by atoms with Crippen LogP contribution in [0.25, 0.3) is 0 Å². The van der Waals surface area contributed by atoms with Crippen LogP contribution in [-0.2, 0) is 27.9 Å². The monoisotopic (exact) mass is 447 g/mol. The number of sulfonamides is 1. The third-order valence-electron chi connectivity index (χ3n) is 4.90. The average Bonchev–Trinajstić information content (AvgIpc) is 2.77. The Labute approximate surface area is 185 Å². The first-order valence-corrected chi connectivity index (χ1v) is 12.2. The van der Waals surface area contributed by atoms with E-state index in [0.717, 1.165) is 25.2 Å². The molecule has 0 aliphatic heterocycles. The van der Waals surface area contributed by atoms with Crippen LogP contribution in [0, 0.1) is 0 Å². The van der Waals surface area contributed by atoms with Crippen LogP contribution < -0.4 is 14.8 Å². The Bertz CT molecular complexity index is 909. The summed E-state index contributed by atoms with van der Waals surface area (Å²) in [6, 6.07) is 14.3. The molecule has 0 saturated carbocycles. The van der Waals surface area contributed by atoms with Crippen molar-refractivity contribution in [2.75, 3.05) is 26.2 Å². The highest BCUT2D eigenvalue weighted by Gasteiger charge is 2.14. The first-order valence-electron chi connectivity index (χ1n) is 10.7. The molecule has 2 aromatic rings. The van der Waals surface area contributed by atoms with E-state index in [1.807, 2.05) is 19.1 Å². The zero-order chi connectivity index (χ0) is 22.7. The van der Waals surface area contributed by atoms with Crippen molar-refractivity contribution >= 4 is 15.9 Å². The molecule has 0 aliphatic carbocycles. The van der Waals surface area contributed by atoms with E-state index >= 15 is 0 Å². The van der Waals surface area contributed by atoms with Gasteiger partial charge in [-0.05, 0) is 55.4 Å². The number of benzene rings is 2. The minimum atomic E-state index is -3.66. The van der Waals surface area contributed by atoms with E-state index in [2.05, 4.69) is 40.9 Å². The average molecular weight is 448 g/mol. The van der Waals surface area contributed by atoms with Gasteiger partial charge in [0.1, 0.15) is 5.75 Å². The lowest BCUT2D eigenvalue weighted by molar-refractivity contribution is -0.121. The maximum atomic E-state index is 12.3. The second-order valence-corrected chi connectivity index (χ2v) is 8.87. The molecular formula is C23H33N3O4S.